The molecule has 0 saturated carbocycles. The second-order valence-electron chi connectivity index (χ2n) is 6.64. The van der Waals surface area contributed by atoms with Crippen molar-refractivity contribution in [1.29, 1.82) is 0 Å². The average Bonchev–Trinajstić information content (AvgIpc) is 3.06. The molecule has 1 fully saturated rings. The van der Waals surface area contributed by atoms with Crippen LogP contribution >= 0.6 is 15.9 Å². The fraction of sp³-hybridized carbons (Fsp3) is 0.333. The molecule has 0 aliphatic carbocycles. The number of carbonyl (C=O) groups excluding carboxylic acids is 1. The van der Waals surface area contributed by atoms with E-state index in [-0.39, 0.29) is 18.1 Å². The molecule has 1 N–H and O–H groups in total. The Hall–Kier alpha value is -2.59. The van der Waals surface area contributed by atoms with E-state index in [9.17, 15) is 9.18 Å². The third-order valence-electron chi connectivity index (χ3n) is 4.75. The Bertz CT molecular complexity index is 1020. The molecule has 3 heterocycles. The van der Waals surface area contributed by atoms with Gasteiger partial charge in [0.2, 0.25) is 5.91 Å². The van der Waals surface area contributed by atoms with Gasteiger partial charge in [-0.3, -0.25) is 14.4 Å². The minimum Gasteiger partial charge on any atom is -0.353 e. The largest absolute Gasteiger partial charge is 0.353 e. The zero-order chi connectivity index (χ0) is 19.7. The Morgan fingerprint density at radius 1 is 1.25 bits per heavy atom. The summed E-state index contributed by atoms with van der Waals surface area (Å²) >= 11 is 3.20. The number of hydrogen-bond acceptors (Lipinski definition) is 6. The zero-order valence-electron chi connectivity index (χ0n) is 15.3. The molecule has 1 amide bonds. The van der Waals surface area contributed by atoms with E-state index in [1.165, 1.54) is 6.07 Å². The maximum Gasteiger partial charge on any atom is 0.238 e. The van der Waals surface area contributed by atoms with Crippen LogP contribution < -0.4 is 10.2 Å². The van der Waals surface area contributed by atoms with Crippen LogP contribution in [0.2, 0.25) is 0 Å². The van der Waals surface area contributed by atoms with E-state index in [0.717, 1.165) is 29.9 Å². The van der Waals surface area contributed by atoms with Crippen LogP contribution in [0.15, 0.2) is 35.2 Å². The number of anilines is 2. The maximum atomic E-state index is 13.9. The van der Waals surface area contributed by atoms with Crippen LogP contribution in [0, 0.1) is 5.82 Å². The van der Waals surface area contributed by atoms with Crippen LogP contribution in [-0.2, 0) is 11.8 Å². The smallest absolute Gasteiger partial charge is 0.238 e. The first-order valence-corrected chi connectivity index (χ1v) is 9.65. The first-order valence-electron chi connectivity index (χ1n) is 8.86. The number of nitrogens with one attached hydrogen (secondary N) is 1. The highest BCUT2D eigenvalue weighted by atomic mass is 79.9. The molecule has 1 aliphatic rings. The summed E-state index contributed by atoms with van der Waals surface area (Å²) in [5, 5.41) is 7.80. The molecule has 28 heavy (non-hydrogen) atoms. The molecule has 10 heteroatoms. The number of aromatic nitrogens is 4. The van der Waals surface area contributed by atoms with Gasteiger partial charge < -0.3 is 10.2 Å². The van der Waals surface area contributed by atoms with E-state index >= 15 is 0 Å². The van der Waals surface area contributed by atoms with Crippen LogP contribution in [0.5, 0.6) is 0 Å². The van der Waals surface area contributed by atoms with Gasteiger partial charge in [0.15, 0.2) is 5.65 Å². The monoisotopic (exact) mass is 447 g/mol. The lowest BCUT2D eigenvalue weighted by atomic mass is 10.2. The van der Waals surface area contributed by atoms with E-state index in [1.54, 1.807) is 29.3 Å². The van der Waals surface area contributed by atoms with Gasteiger partial charge in [0, 0.05) is 37.7 Å². The van der Waals surface area contributed by atoms with Gasteiger partial charge in [0.05, 0.1) is 23.8 Å². The predicted octanol–water partition coefficient (Wildman–Crippen LogP) is 2.03. The van der Waals surface area contributed by atoms with Crippen molar-refractivity contribution in [2.75, 3.05) is 42.9 Å². The van der Waals surface area contributed by atoms with Crippen molar-refractivity contribution in [2.24, 2.45) is 7.05 Å². The number of rotatable bonds is 4. The second kappa shape index (κ2) is 7.80. The fourth-order valence-corrected chi connectivity index (χ4v) is 3.64. The molecule has 0 radical (unpaired) electrons. The van der Waals surface area contributed by atoms with Crippen molar-refractivity contribution in [1.82, 2.24) is 24.6 Å². The molecule has 0 atom stereocenters. The van der Waals surface area contributed by atoms with Gasteiger partial charge in [0.25, 0.3) is 0 Å². The minimum absolute atomic E-state index is 0.187. The summed E-state index contributed by atoms with van der Waals surface area (Å²) in [5.74, 6) is 0.169. The number of amides is 1. The first kappa shape index (κ1) is 18.8. The molecule has 1 saturated heterocycles. The molecule has 3 aromatic rings. The van der Waals surface area contributed by atoms with Gasteiger partial charge >= 0.3 is 0 Å². The first-order chi connectivity index (χ1) is 13.5. The van der Waals surface area contributed by atoms with E-state index in [1.807, 2.05) is 11.9 Å². The van der Waals surface area contributed by atoms with Crippen LogP contribution in [-0.4, -0.2) is 63.3 Å². The minimum atomic E-state index is -0.461. The van der Waals surface area contributed by atoms with Gasteiger partial charge in [-0.2, -0.15) is 5.10 Å². The van der Waals surface area contributed by atoms with E-state index in [0.29, 0.717) is 17.6 Å². The molecule has 146 valence electrons. The molecule has 0 unspecified atom stereocenters. The van der Waals surface area contributed by atoms with Crippen molar-refractivity contribution in [3.8, 4) is 0 Å². The molecule has 0 spiro atoms. The standard InChI is InChI=1S/C18H19BrFN7O/c1-25-17-13(9-23-25)18(22-11-21-17)27-6-4-26(5-7-27)10-16(28)24-15-3-2-12(19)8-14(15)20/h2-3,8-9,11H,4-7,10H2,1H3,(H,24,28). The summed E-state index contributed by atoms with van der Waals surface area (Å²) in [4.78, 5) is 25.2. The summed E-state index contributed by atoms with van der Waals surface area (Å²) in [6.45, 7) is 3.11. The lowest BCUT2D eigenvalue weighted by molar-refractivity contribution is -0.117. The number of aryl methyl sites for hydroxylation is 1. The summed E-state index contributed by atoms with van der Waals surface area (Å²) in [6, 6.07) is 4.57. The maximum absolute atomic E-state index is 13.9. The van der Waals surface area contributed by atoms with Crippen molar-refractivity contribution >= 4 is 44.4 Å². The van der Waals surface area contributed by atoms with Crippen molar-refractivity contribution < 1.29 is 9.18 Å². The molecule has 8 nitrogen and oxygen atoms in total. The number of benzene rings is 1. The quantitative estimate of drug-likeness (QED) is 0.658. The molecule has 0 bridgehead atoms. The Kier molecular flexibility index (Phi) is 5.23. The third-order valence-corrected chi connectivity index (χ3v) is 5.25. The highest BCUT2D eigenvalue weighted by Crippen LogP contribution is 2.23. The number of halogens is 2. The van der Waals surface area contributed by atoms with Gasteiger partial charge in [-0.1, -0.05) is 15.9 Å². The van der Waals surface area contributed by atoms with Gasteiger partial charge in [-0.05, 0) is 18.2 Å². The van der Waals surface area contributed by atoms with E-state index < -0.39 is 5.82 Å². The van der Waals surface area contributed by atoms with E-state index in [4.69, 9.17) is 0 Å². The fourth-order valence-electron chi connectivity index (χ4n) is 3.30. The number of nitrogens with zero attached hydrogens (tertiary/aromatic N) is 6. The summed E-state index contributed by atoms with van der Waals surface area (Å²) < 4.78 is 16.2. The molecular weight excluding hydrogens is 429 g/mol. The Labute approximate surface area is 169 Å². The van der Waals surface area contributed by atoms with Gasteiger partial charge in [-0.15, -0.1) is 0 Å². The van der Waals surface area contributed by atoms with Crippen molar-refractivity contribution in [3.63, 3.8) is 0 Å². The van der Waals surface area contributed by atoms with Crippen molar-refractivity contribution in [2.45, 2.75) is 0 Å². The number of carbonyl (C=O) groups is 1. The molecule has 2 aromatic heterocycles. The van der Waals surface area contributed by atoms with Crippen LogP contribution in [0.25, 0.3) is 11.0 Å². The third kappa shape index (κ3) is 3.83. The van der Waals surface area contributed by atoms with Crippen LogP contribution in [0.3, 0.4) is 0 Å². The Balaban J connectivity index is 1.35. The predicted molar refractivity (Wildman–Crippen MR) is 108 cm³/mol. The number of hydrogen-bond donors (Lipinski definition) is 1. The number of fused-ring (bicyclic) bond motifs is 1. The Morgan fingerprint density at radius 3 is 2.79 bits per heavy atom. The summed E-state index contributed by atoms with van der Waals surface area (Å²) in [7, 11) is 1.85. The molecule has 1 aromatic carbocycles. The molecule has 4 rings (SSSR count). The SMILES string of the molecule is Cn1ncc2c(N3CCN(CC(=O)Nc4ccc(Br)cc4F)CC3)ncnc21. The topological polar surface area (TPSA) is 79.2 Å². The Morgan fingerprint density at radius 2 is 2.04 bits per heavy atom. The molecule has 1 aliphatic heterocycles. The summed E-state index contributed by atoms with van der Waals surface area (Å²) in [5.41, 5.74) is 0.982. The lowest BCUT2D eigenvalue weighted by Gasteiger charge is -2.35. The average molecular weight is 448 g/mol. The van der Waals surface area contributed by atoms with Gasteiger partial charge in [-0.25, -0.2) is 14.4 Å². The van der Waals surface area contributed by atoms with E-state index in [2.05, 4.69) is 41.2 Å². The summed E-state index contributed by atoms with van der Waals surface area (Å²) in [6.07, 6.45) is 3.32. The lowest BCUT2D eigenvalue weighted by Crippen LogP contribution is -2.49. The van der Waals surface area contributed by atoms with Crippen LogP contribution in [0.4, 0.5) is 15.9 Å². The highest BCUT2D eigenvalue weighted by molar-refractivity contribution is 9.10. The van der Waals surface area contributed by atoms with Gasteiger partial charge in [0.1, 0.15) is 18.0 Å². The zero-order valence-corrected chi connectivity index (χ0v) is 16.9. The highest BCUT2D eigenvalue weighted by Gasteiger charge is 2.22. The molecular formula is C18H19BrFN7O. The normalized spacial score (nSPS) is 15.2. The van der Waals surface area contributed by atoms with Crippen molar-refractivity contribution in [3.05, 3.63) is 41.0 Å². The van der Waals surface area contributed by atoms with Crippen LogP contribution in [0.1, 0.15) is 0 Å². The number of piperazine rings is 1. The second-order valence-corrected chi connectivity index (χ2v) is 7.55.